The number of para-hydroxylation sites is 1. The smallest absolute Gasteiger partial charge is 0.157 e. The molecule has 40 heavy (non-hydrogen) atoms. The van der Waals surface area contributed by atoms with Crippen molar-refractivity contribution in [1.29, 1.82) is 0 Å². The lowest BCUT2D eigenvalue weighted by atomic mass is 9.78. The number of hydrogen-bond acceptors (Lipinski definition) is 10. The summed E-state index contributed by atoms with van der Waals surface area (Å²) in [7, 11) is 0. The lowest BCUT2D eigenvalue weighted by molar-refractivity contribution is 0.00201. The molecule has 0 amide bonds. The average Bonchev–Trinajstić information content (AvgIpc) is 2.91. The Kier molecular flexibility index (Phi) is 6.01. The quantitative estimate of drug-likeness (QED) is 0.177. The lowest BCUT2D eigenvalue weighted by Gasteiger charge is -2.40. The molecule has 2 aliphatic rings. The van der Waals surface area contributed by atoms with Crippen molar-refractivity contribution in [2.24, 2.45) is 0 Å². The van der Waals surface area contributed by atoms with Crippen molar-refractivity contribution in [1.82, 2.24) is 0 Å². The second kappa shape index (κ2) is 9.44. The van der Waals surface area contributed by atoms with Gasteiger partial charge in [0.1, 0.15) is 35.2 Å². The van der Waals surface area contributed by atoms with E-state index in [-0.39, 0.29) is 46.5 Å². The Labute approximate surface area is 227 Å². The van der Waals surface area contributed by atoms with Crippen LogP contribution in [0.1, 0.15) is 45.9 Å². The Bertz CT molecular complexity index is 1620. The Morgan fingerprint density at radius 2 is 1.27 bits per heavy atom. The van der Waals surface area contributed by atoms with Gasteiger partial charge in [-0.3, -0.25) is 0 Å². The first-order chi connectivity index (χ1) is 19.1. The molecule has 0 unspecified atom stereocenters. The van der Waals surface area contributed by atoms with Crippen molar-refractivity contribution in [3.05, 3.63) is 94.5 Å². The summed E-state index contributed by atoms with van der Waals surface area (Å²) in [6.07, 6.45) is -4.16. The van der Waals surface area contributed by atoms with Gasteiger partial charge in [0.25, 0.3) is 0 Å². The molecule has 4 aromatic rings. The normalized spacial score (nSPS) is 23.4. The van der Waals surface area contributed by atoms with Crippen LogP contribution in [0.4, 0.5) is 0 Å². The highest BCUT2D eigenvalue weighted by atomic mass is 16.5. The number of phenolic OH excluding ortho intramolecular Hbond substituents is 6. The first kappa shape index (κ1) is 25.5. The van der Waals surface area contributed by atoms with Crippen molar-refractivity contribution in [3.63, 3.8) is 0 Å². The number of aromatic hydroxyl groups is 6. The van der Waals surface area contributed by atoms with Gasteiger partial charge in [-0.15, -0.1) is 0 Å². The summed E-state index contributed by atoms with van der Waals surface area (Å²) >= 11 is 0. The van der Waals surface area contributed by atoms with Crippen LogP contribution < -0.4 is 9.47 Å². The predicted octanol–water partition coefficient (Wildman–Crippen LogP) is 3.58. The van der Waals surface area contributed by atoms with E-state index in [0.29, 0.717) is 28.0 Å². The molecule has 0 aliphatic carbocycles. The zero-order valence-electron chi connectivity index (χ0n) is 20.8. The zero-order valence-corrected chi connectivity index (χ0v) is 20.8. The van der Waals surface area contributed by atoms with E-state index in [1.54, 1.807) is 18.2 Å². The first-order valence-corrected chi connectivity index (χ1v) is 12.5. The fourth-order valence-electron chi connectivity index (χ4n) is 5.58. The molecule has 0 bridgehead atoms. The van der Waals surface area contributed by atoms with E-state index in [9.17, 15) is 40.9 Å². The molecule has 0 radical (unpaired) electrons. The standard InChI is InChI=1S/C30H26O10/c31-16-11-22(36)26-24(12-16)39-30(15-5-7-19(33)21(35)9-15)27(38)25(26)17-3-1-2-13-10-23(37)29(40-28(13)17)14-4-6-18(32)20(34)8-14/h1-9,11-12,23,25,27,29-38H,10H2/t23-,25+,27-,29-,30-/m1/s1. The molecule has 10 nitrogen and oxygen atoms in total. The maximum Gasteiger partial charge on any atom is 0.157 e. The molecule has 8 N–H and O–H groups in total. The largest absolute Gasteiger partial charge is 0.508 e. The van der Waals surface area contributed by atoms with Crippen LogP contribution in [-0.4, -0.2) is 53.1 Å². The number of benzene rings is 4. The Morgan fingerprint density at radius 1 is 0.625 bits per heavy atom. The molecular formula is C30H26O10. The summed E-state index contributed by atoms with van der Waals surface area (Å²) in [6, 6.07) is 15.8. The minimum atomic E-state index is -1.34. The van der Waals surface area contributed by atoms with Crippen LogP contribution in [-0.2, 0) is 6.42 Å². The maximum atomic E-state index is 11.7. The number of rotatable bonds is 3. The van der Waals surface area contributed by atoms with E-state index in [4.69, 9.17) is 9.47 Å². The van der Waals surface area contributed by atoms with Gasteiger partial charge in [-0.25, -0.2) is 0 Å². The van der Waals surface area contributed by atoms with Crippen LogP contribution in [0.5, 0.6) is 46.0 Å². The van der Waals surface area contributed by atoms with Crippen molar-refractivity contribution in [2.75, 3.05) is 0 Å². The average molecular weight is 547 g/mol. The summed E-state index contributed by atoms with van der Waals surface area (Å²) in [5.41, 5.74) is 2.05. The highest BCUT2D eigenvalue weighted by Gasteiger charge is 2.44. The first-order valence-electron chi connectivity index (χ1n) is 12.5. The zero-order chi connectivity index (χ0) is 28.3. The van der Waals surface area contributed by atoms with Gasteiger partial charge >= 0.3 is 0 Å². The molecule has 0 spiro atoms. The van der Waals surface area contributed by atoms with Gasteiger partial charge in [0, 0.05) is 35.6 Å². The topological polar surface area (TPSA) is 180 Å². The minimum Gasteiger partial charge on any atom is -0.508 e. The third-order valence-corrected chi connectivity index (χ3v) is 7.46. The number of fused-ring (bicyclic) bond motifs is 2. The van der Waals surface area contributed by atoms with Crippen LogP contribution in [0.25, 0.3) is 0 Å². The van der Waals surface area contributed by atoms with Crippen molar-refractivity contribution < 1.29 is 50.3 Å². The molecule has 10 heteroatoms. The fraction of sp³-hybridized carbons (Fsp3) is 0.200. The van der Waals surface area contributed by atoms with E-state index in [1.165, 1.54) is 42.5 Å². The molecular weight excluding hydrogens is 520 g/mol. The molecule has 206 valence electrons. The number of hydrogen-bond donors (Lipinski definition) is 8. The van der Waals surface area contributed by atoms with Gasteiger partial charge in [-0.1, -0.05) is 30.3 Å². The van der Waals surface area contributed by atoms with Crippen LogP contribution in [0.15, 0.2) is 66.7 Å². The Hall–Kier alpha value is -4.80. The van der Waals surface area contributed by atoms with Crippen molar-refractivity contribution in [2.45, 2.75) is 36.8 Å². The number of ether oxygens (including phenoxy) is 2. The summed E-state index contributed by atoms with van der Waals surface area (Å²) in [6.45, 7) is 0. The van der Waals surface area contributed by atoms with E-state index >= 15 is 0 Å². The molecule has 0 aromatic heterocycles. The molecule has 4 aromatic carbocycles. The van der Waals surface area contributed by atoms with Gasteiger partial charge in [0.15, 0.2) is 29.1 Å². The van der Waals surface area contributed by atoms with Gasteiger partial charge in [0.05, 0.1) is 6.10 Å². The second-order valence-electron chi connectivity index (χ2n) is 10.0. The number of phenols is 6. The van der Waals surface area contributed by atoms with E-state index < -0.39 is 36.1 Å². The molecule has 0 saturated heterocycles. The molecule has 0 saturated carbocycles. The molecule has 2 heterocycles. The molecule has 2 aliphatic heterocycles. The van der Waals surface area contributed by atoms with E-state index in [1.807, 2.05) is 0 Å². The summed E-state index contributed by atoms with van der Waals surface area (Å²) in [5, 5.41) is 83.4. The van der Waals surface area contributed by atoms with Crippen LogP contribution in [0, 0.1) is 0 Å². The summed E-state index contributed by atoms with van der Waals surface area (Å²) < 4.78 is 12.3. The van der Waals surface area contributed by atoms with Crippen LogP contribution >= 0.6 is 0 Å². The highest BCUT2D eigenvalue weighted by Crippen LogP contribution is 2.54. The van der Waals surface area contributed by atoms with E-state index in [0.717, 1.165) is 6.07 Å². The SMILES string of the molecule is Oc1cc(O)c2c(c1)O[C@H](c1ccc(O)c(O)c1)[C@H](O)[C@H]2c1cccc2c1O[C@H](c1ccc(O)c(O)c1)[C@H](O)C2. The summed E-state index contributed by atoms with van der Waals surface area (Å²) in [5.74, 6) is -2.54. The second-order valence-corrected chi connectivity index (χ2v) is 10.0. The van der Waals surface area contributed by atoms with Gasteiger partial charge in [-0.05, 0) is 41.0 Å². The highest BCUT2D eigenvalue weighted by molar-refractivity contribution is 5.60. The van der Waals surface area contributed by atoms with Crippen molar-refractivity contribution >= 4 is 0 Å². The van der Waals surface area contributed by atoms with Crippen molar-refractivity contribution in [3.8, 4) is 46.0 Å². The number of aliphatic hydroxyl groups excluding tert-OH is 2. The maximum absolute atomic E-state index is 11.7. The third-order valence-electron chi connectivity index (χ3n) is 7.46. The Balaban J connectivity index is 1.49. The fourth-order valence-corrected chi connectivity index (χ4v) is 5.58. The summed E-state index contributed by atoms with van der Waals surface area (Å²) in [4.78, 5) is 0. The van der Waals surface area contributed by atoms with Gasteiger partial charge in [-0.2, -0.15) is 0 Å². The van der Waals surface area contributed by atoms with Gasteiger partial charge in [0.2, 0.25) is 0 Å². The van der Waals surface area contributed by atoms with Gasteiger partial charge < -0.3 is 50.3 Å². The van der Waals surface area contributed by atoms with E-state index in [2.05, 4.69) is 0 Å². The third kappa shape index (κ3) is 4.14. The predicted molar refractivity (Wildman–Crippen MR) is 140 cm³/mol. The monoisotopic (exact) mass is 546 g/mol. The molecule has 0 fully saturated rings. The van der Waals surface area contributed by atoms with Crippen LogP contribution in [0.3, 0.4) is 0 Å². The van der Waals surface area contributed by atoms with Crippen LogP contribution in [0.2, 0.25) is 0 Å². The number of aliphatic hydroxyl groups is 2. The lowest BCUT2D eigenvalue weighted by Crippen LogP contribution is -2.36. The Morgan fingerprint density at radius 3 is 1.93 bits per heavy atom. The minimum absolute atomic E-state index is 0.0961. The molecule has 6 rings (SSSR count). The molecule has 5 atom stereocenters.